The summed E-state index contributed by atoms with van der Waals surface area (Å²) in [6.45, 7) is 7.99. The summed E-state index contributed by atoms with van der Waals surface area (Å²) in [5.41, 5.74) is 2.41. The van der Waals surface area contributed by atoms with Gasteiger partial charge in [-0.2, -0.15) is 0 Å². The van der Waals surface area contributed by atoms with E-state index >= 15 is 0 Å². The molecular weight excluding hydrogens is 204 g/mol. The average Bonchev–Trinajstić information content (AvgIpc) is 2.22. The molecule has 0 heterocycles. The number of allylic oxidation sites excluding steroid dienone is 1. The van der Waals surface area contributed by atoms with Gasteiger partial charge in [0.25, 0.3) is 0 Å². The van der Waals surface area contributed by atoms with E-state index in [2.05, 4.69) is 6.92 Å². The van der Waals surface area contributed by atoms with Crippen molar-refractivity contribution in [2.75, 3.05) is 7.11 Å². The molecule has 0 saturated carbocycles. The van der Waals surface area contributed by atoms with Gasteiger partial charge >= 0.3 is 0 Å². The Bertz CT molecular complexity index is 292. The van der Waals surface area contributed by atoms with E-state index in [0.717, 1.165) is 12.0 Å². The second-order valence-electron chi connectivity index (χ2n) is 4.70. The summed E-state index contributed by atoms with van der Waals surface area (Å²) in [4.78, 5) is 11.9. The number of ketones is 1. The van der Waals surface area contributed by atoms with Gasteiger partial charge in [0.15, 0.2) is 6.29 Å². The van der Waals surface area contributed by atoms with Crippen molar-refractivity contribution in [1.29, 1.82) is 0 Å². The van der Waals surface area contributed by atoms with Gasteiger partial charge < -0.3 is 9.47 Å². The molecule has 0 amide bonds. The van der Waals surface area contributed by atoms with E-state index in [1.165, 1.54) is 5.57 Å². The third-order valence-electron chi connectivity index (χ3n) is 3.14. The van der Waals surface area contributed by atoms with Crippen LogP contribution in [-0.4, -0.2) is 25.3 Å². The smallest absolute Gasteiger partial charge is 0.170 e. The van der Waals surface area contributed by atoms with Gasteiger partial charge in [0.05, 0.1) is 12.0 Å². The van der Waals surface area contributed by atoms with E-state index < -0.39 is 6.29 Å². The van der Waals surface area contributed by atoms with E-state index in [1.807, 2.05) is 20.8 Å². The van der Waals surface area contributed by atoms with E-state index in [9.17, 15) is 4.79 Å². The van der Waals surface area contributed by atoms with Crippen LogP contribution >= 0.6 is 0 Å². The highest BCUT2D eigenvalue weighted by molar-refractivity contribution is 5.85. The second-order valence-corrected chi connectivity index (χ2v) is 4.70. The number of ether oxygens (including phenoxy) is 2. The van der Waals surface area contributed by atoms with Crippen LogP contribution in [0.25, 0.3) is 0 Å². The fourth-order valence-corrected chi connectivity index (χ4v) is 2.06. The van der Waals surface area contributed by atoms with Gasteiger partial charge in [0, 0.05) is 13.5 Å². The van der Waals surface area contributed by atoms with E-state index in [1.54, 1.807) is 7.11 Å². The maximum atomic E-state index is 11.9. The van der Waals surface area contributed by atoms with Crippen LogP contribution in [0.4, 0.5) is 0 Å². The van der Waals surface area contributed by atoms with Crippen molar-refractivity contribution < 1.29 is 14.3 Å². The summed E-state index contributed by atoms with van der Waals surface area (Å²) in [5.74, 6) is 0.0109. The molecule has 16 heavy (non-hydrogen) atoms. The van der Waals surface area contributed by atoms with Crippen LogP contribution in [0.15, 0.2) is 11.1 Å². The van der Waals surface area contributed by atoms with E-state index in [4.69, 9.17) is 9.47 Å². The third-order valence-corrected chi connectivity index (χ3v) is 3.14. The van der Waals surface area contributed by atoms with Crippen LogP contribution in [-0.2, 0) is 14.3 Å². The predicted molar refractivity (Wildman–Crippen MR) is 63.1 cm³/mol. The van der Waals surface area contributed by atoms with Crippen LogP contribution in [0.3, 0.4) is 0 Å². The molecule has 2 atom stereocenters. The number of methoxy groups -OCH3 is 1. The van der Waals surface area contributed by atoms with Crippen LogP contribution in [0, 0.1) is 5.92 Å². The molecule has 92 valence electrons. The molecule has 0 aromatic heterocycles. The van der Waals surface area contributed by atoms with Crippen molar-refractivity contribution in [3.63, 3.8) is 0 Å². The Balaban J connectivity index is 2.89. The first-order valence-corrected chi connectivity index (χ1v) is 5.84. The normalized spacial score (nSPS) is 24.1. The lowest BCUT2D eigenvalue weighted by Gasteiger charge is -2.31. The molecule has 0 radical (unpaired) electrons. The van der Waals surface area contributed by atoms with Crippen LogP contribution in [0.1, 0.15) is 40.5 Å². The molecule has 0 bridgehead atoms. The van der Waals surface area contributed by atoms with Crippen molar-refractivity contribution in [2.45, 2.75) is 52.9 Å². The van der Waals surface area contributed by atoms with Gasteiger partial charge in [-0.1, -0.05) is 11.1 Å². The summed E-state index contributed by atoms with van der Waals surface area (Å²) >= 11 is 0. The highest BCUT2D eigenvalue weighted by Gasteiger charge is 2.34. The second kappa shape index (κ2) is 5.60. The Kier molecular flexibility index (Phi) is 4.69. The van der Waals surface area contributed by atoms with Crippen LogP contribution < -0.4 is 0 Å². The number of carbonyl (C=O) groups excluding carboxylic acids is 1. The minimum atomic E-state index is -0.442. The number of hydrogen-bond acceptors (Lipinski definition) is 3. The lowest BCUT2D eigenvalue weighted by atomic mass is 9.82. The van der Waals surface area contributed by atoms with Gasteiger partial charge in [-0.15, -0.1) is 0 Å². The molecule has 1 rings (SSSR count). The molecule has 0 N–H and O–H groups in total. The molecule has 0 fully saturated rings. The quantitative estimate of drug-likeness (QED) is 0.546. The summed E-state index contributed by atoms with van der Waals surface area (Å²) < 4.78 is 11.0. The highest BCUT2D eigenvalue weighted by Crippen LogP contribution is 2.31. The molecule has 3 heteroatoms. The largest absolute Gasteiger partial charge is 0.355 e. The van der Waals surface area contributed by atoms with Crippen LogP contribution in [0.2, 0.25) is 0 Å². The predicted octanol–water partition coefficient (Wildman–Crippen LogP) is 2.70. The summed E-state index contributed by atoms with van der Waals surface area (Å²) in [6.07, 6.45) is 1.10. The molecule has 0 aromatic carbocycles. The van der Waals surface area contributed by atoms with Crippen molar-refractivity contribution in [1.82, 2.24) is 0 Å². The summed E-state index contributed by atoms with van der Waals surface area (Å²) in [6, 6.07) is 0. The average molecular weight is 226 g/mol. The van der Waals surface area contributed by atoms with Gasteiger partial charge in [-0.05, 0) is 34.1 Å². The first kappa shape index (κ1) is 13.4. The Morgan fingerprint density at radius 3 is 2.38 bits per heavy atom. The molecular formula is C13H22O3. The Morgan fingerprint density at radius 1 is 1.25 bits per heavy atom. The fourth-order valence-electron chi connectivity index (χ4n) is 2.06. The topological polar surface area (TPSA) is 35.5 Å². The lowest BCUT2D eigenvalue weighted by Crippen LogP contribution is -2.37. The molecule has 1 aliphatic carbocycles. The number of carbonyl (C=O) groups is 1. The molecule has 3 nitrogen and oxygen atoms in total. The minimum absolute atomic E-state index is 0.0628. The number of Topliss-reactive ketones (excluding diaryl/α,β-unsaturated/α-hetero) is 1. The molecule has 1 aliphatic rings. The Morgan fingerprint density at radius 2 is 1.88 bits per heavy atom. The Hall–Kier alpha value is -0.670. The van der Waals surface area contributed by atoms with Crippen molar-refractivity contribution in [2.24, 2.45) is 5.92 Å². The van der Waals surface area contributed by atoms with Crippen LogP contribution in [0.5, 0.6) is 0 Å². The van der Waals surface area contributed by atoms with Gasteiger partial charge in [0.2, 0.25) is 0 Å². The van der Waals surface area contributed by atoms with Crippen molar-refractivity contribution >= 4 is 5.78 Å². The van der Waals surface area contributed by atoms with Gasteiger partial charge in [-0.3, -0.25) is 4.79 Å². The highest BCUT2D eigenvalue weighted by atomic mass is 16.7. The molecule has 0 aromatic rings. The molecule has 0 spiro atoms. The SMILES string of the molecule is CO[C@@H](OC(C)C)[C@@H]1C(=O)CCC(C)=C1C. The summed E-state index contributed by atoms with van der Waals surface area (Å²) in [5, 5.41) is 0. The molecule has 0 unspecified atom stereocenters. The zero-order chi connectivity index (χ0) is 12.3. The monoisotopic (exact) mass is 226 g/mol. The first-order valence-electron chi connectivity index (χ1n) is 5.84. The maximum Gasteiger partial charge on any atom is 0.170 e. The van der Waals surface area contributed by atoms with Gasteiger partial charge in [0.1, 0.15) is 5.78 Å². The zero-order valence-electron chi connectivity index (χ0n) is 10.9. The zero-order valence-corrected chi connectivity index (χ0v) is 10.9. The Labute approximate surface area is 97.8 Å². The van der Waals surface area contributed by atoms with E-state index in [-0.39, 0.29) is 17.8 Å². The summed E-state index contributed by atoms with van der Waals surface area (Å²) in [7, 11) is 1.59. The molecule has 0 saturated heterocycles. The van der Waals surface area contributed by atoms with E-state index in [0.29, 0.717) is 6.42 Å². The third kappa shape index (κ3) is 2.92. The number of rotatable bonds is 4. The molecule has 0 aliphatic heterocycles. The lowest BCUT2D eigenvalue weighted by molar-refractivity contribution is -0.175. The van der Waals surface area contributed by atoms with Crippen molar-refractivity contribution in [3.05, 3.63) is 11.1 Å². The standard InChI is InChI=1S/C13H22O3/c1-8(2)16-13(15-5)12-10(4)9(3)6-7-11(12)14/h8,12-13H,6-7H2,1-5H3/t12-,13-/m0/s1. The van der Waals surface area contributed by atoms with Gasteiger partial charge in [-0.25, -0.2) is 0 Å². The van der Waals surface area contributed by atoms with Crippen molar-refractivity contribution in [3.8, 4) is 0 Å². The minimum Gasteiger partial charge on any atom is -0.355 e. The maximum absolute atomic E-state index is 11.9. The number of hydrogen-bond donors (Lipinski definition) is 0. The first-order chi connectivity index (χ1) is 7.47. The fraction of sp³-hybridized carbons (Fsp3) is 0.769.